The Labute approximate surface area is 126 Å². The van der Waals surface area contributed by atoms with Crippen LogP contribution in [0.5, 0.6) is 5.75 Å². The SMILES string of the molecule is COC(=O)c1ccc(F)c(F)c1Nc1nccc(Br)c1O. The summed E-state index contributed by atoms with van der Waals surface area (Å²) in [5.41, 5.74) is -0.694. The number of aromatic hydroxyl groups is 1. The summed E-state index contributed by atoms with van der Waals surface area (Å²) < 4.78 is 32.1. The minimum absolute atomic E-state index is 0.140. The van der Waals surface area contributed by atoms with Gasteiger partial charge in [-0.3, -0.25) is 0 Å². The van der Waals surface area contributed by atoms with E-state index < -0.39 is 23.3 Å². The van der Waals surface area contributed by atoms with Gasteiger partial charge in [0.15, 0.2) is 23.2 Å². The number of carbonyl (C=O) groups excluding carboxylic acids is 1. The zero-order chi connectivity index (χ0) is 15.6. The van der Waals surface area contributed by atoms with E-state index in [1.165, 1.54) is 12.3 Å². The number of benzene rings is 1. The van der Waals surface area contributed by atoms with Crippen molar-refractivity contribution in [3.8, 4) is 5.75 Å². The van der Waals surface area contributed by atoms with E-state index >= 15 is 0 Å². The summed E-state index contributed by atoms with van der Waals surface area (Å²) in [6, 6.07) is 3.34. The number of esters is 1. The molecule has 1 aromatic heterocycles. The number of nitrogens with one attached hydrogen (secondary N) is 1. The highest BCUT2D eigenvalue weighted by Crippen LogP contribution is 2.34. The number of anilines is 2. The average molecular weight is 359 g/mol. The third kappa shape index (κ3) is 2.94. The van der Waals surface area contributed by atoms with Crippen LogP contribution in [0.25, 0.3) is 0 Å². The maximum Gasteiger partial charge on any atom is 0.340 e. The molecule has 0 saturated carbocycles. The third-order valence-corrected chi connectivity index (χ3v) is 3.26. The molecule has 1 aromatic carbocycles. The lowest BCUT2D eigenvalue weighted by molar-refractivity contribution is 0.0601. The molecule has 0 atom stereocenters. The molecule has 0 saturated heterocycles. The van der Waals surface area contributed by atoms with E-state index in [1.807, 2.05) is 0 Å². The lowest BCUT2D eigenvalue weighted by atomic mass is 10.1. The predicted octanol–water partition coefficient (Wildman–Crippen LogP) is 3.36. The van der Waals surface area contributed by atoms with E-state index in [0.717, 1.165) is 19.2 Å². The van der Waals surface area contributed by atoms with Crippen molar-refractivity contribution in [3.63, 3.8) is 0 Å². The third-order valence-electron chi connectivity index (χ3n) is 2.62. The molecule has 2 rings (SSSR count). The highest BCUT2D eigenvalue weighted by molar-refractivity contribution is 9.10. The fourth-order valence-electron chi connectivity index (χ4n) is 1.59. The Morgan fingerprint density at radius 3 is 2.76 bits per heavy atom. The summed E-state index contributed by atoms with van der Waals surface area (Å²) in [4.78, 5) is 15.4. The number of hydrogen-bond donors (Lipinski definition) is 2. The van der Waals surface area contributed by atoms with Crippen molar-refractivity contribution in [2.24, 2.45) is 0 Å². The number of nitrogens with zero attached hydrogens (tertiary/aromatic N) is 1. The van der Waals surface area contributed by atoms with Gasteiger partial charge in [0.05, 0.1) is 22.8 Å². The standard InChI is InChI=1S/C13H9BrF2N2O3/c1-21-13(20)6-2-3-8(15)9(16)10(6)18-12-11(19)7(14)4-5-17-12/h2-5,19H,1H3,(H,17,18). The number of aromatic nitrogens is 1. The summed E-state index contributed by atoms with van der Waals surface area (Å²) in [5.74, 6) is -3.74. The number of pyridine rings is 1. The van der Waals surface area contributed by atoms with Crippen molar-refractivity contribution in [1.29, 1.82) is 0 Å². The molecule has 0 aliphatic heterocycles. The van der Waals surface area contributed by atoms with Crippen LogP contribution in [-0.2, 0) is 4.74 Å². The first-order valence-electron chi connectivity index (χ1n) is 5.62. The lowest BCUT2D eigenvalue weighted by Crippen LogP contribution is -2.09. The summed E-state index contributed by atoms with van der Waals surface area (Å²) in [5, 5.41) is 12.2. The summed E-state index contributed by atoms with van der Waals surface area (Å²) >= 11 is 3.06. The Bertz CT molecular complexity index is 710. The molecule has 0 aliphatic carbocycles. The second kappa shape index (κ2) is 6.04. The molecule has 110 valence electrons. The number of hydrogen-bond acceptors (Lipinski definition) is 5. The molecule has 0 fully saturated rings. The minimum atomic E-state index is -1.28. The summed E-state index contributed by atoms with van der Waals surface area (Å²) in [6.07, 6.45) is 1.33. The van der Waals surface area contributed by atoms with Crippen LogP contribution in [0.1, 0.15) is 10.4 Å². The smallest absolute Gasteiger partial charge is 0.340 e. The first-order chi connectivity index (χ1) is 9.95. The van der Waals surface area contributed by atoms with Crippen molar-refractivity contribution >= 4 is 33.4 Å². The van der Waals surface area contributed by atoms with Crippen molar-refractivity contribution < 1.29 is 23.4 Å². The Hall–Kier alpha value is -2.22. The van der Waals surface area contributed by atoms with Gasteiger partial charge < -0.3 is 15.2 Å². The fraction of sp³-hybridized carbons (Fsp3) is 0.0769. The van der Waals surface area contributed by atoms with Crippen LogP contribution in [0.2, 0.25) is 0 Å². The number of rotatable bonds is 3. The van der Waals surface area contributed by atoms with Crippen LogP contribution in [0.4, 0.5) is 20.3 Å². The van der Waals surface area contributed by atoms with Crippen LogP contribution >= 0.6 is 15.9 Å². The number of methoxy groups -OCH3 is 1. The van der Waals surface area contributed by atoms with Gasteiger partial charge in [-0.25, -0.2) is 18.6 Å². The Balaban J connectivity index is 2.55. The van der Waals surface area contributed by atoms with E-state index in [9.17, 15) is 18.7 Å². The molecular formula is C13H9BrF2N2O3. The van der Waals surface area contributed by atoms with Gasteiger partial charge in [-0.15, -0.1) is 0 Å². The van der Waals surface area contributed by atoms with E-state index in [2.05, 4.69) is 31.0 Å². The molecule has 0 amide bonds. The van der Waals surface area contributed by atoms with Crippen LogP contribution < -0.4 is 5.32 Å². The molecule has 2 aromatic rings. The Morgan fingerprint density at radius 2 is 2.10 bits per heavy atom. The summed E-state index contributed by atoms with van der Waals surface area (Å²) in [6.45, 7) is 0. The number of carbonyl (C=O) groups is 1. The largest absolute Gasteiger partial charge is 0.503 e. The molecule has 0 spiro atoms. The predicted molar refractivity (Wildman–Crippen MR) is 74.6 cm³/mol. The zero-order valence-corrected chi connectivity index (χ0v) is 12.2. The highest BCUT2D eigenvalue weighted by Gasteiger charge is 2.21. The monoisotopic (exact) mass is 358 g/mol. The first kappa shape index (κ1) is 15.2. The van der Waals surface area contributed by atoms with E-state index in [4.69, 9.17) is 0 Å². The molecule has 0 radical (unpaired) electrons. The van der Waals surface area contributed by atoms with Crippen LogP contribution in [0.3, 0.4) is 0 Å². The molecule has 0 bridgehead atoms. The Morgan fingerprint density at radius 1 is 1.38 bits per heavy atom. The number of halogens is 3. The van der Waals surface area contributed by atoms with Crippen LogP contribution in [-0.4, -0.2) is 23.2 Å². The Kier molecular flexibility index (Phi) is 4.37. The highest BCUT2D eigenvalue weighted by atomic mass is 79.9. The van der Waals surface area contributed by atoms with Crippen LogP contribution in [0.15, 0.2) is 28.9 Å². The average Bonchev–Trinajstić information content (AvgIpc) is 2.48. The van der Waals surface area contributed by atoms with Gasteiger partial charge in [-0.2, -0.15) is 0 Å². The molecule has 0 aliphatic rings. The second-order valence-corrected chi connectivity index (χ2v) is 4.74. The first-order valence-corrected chi connectivity index (χ1v) is 6.41. The van der Waals surface area contributed by atoms with Gasteiger partial charge in [-0.1, -0.05) is 0 Å². The van der Waals surface area contributed by atoms with E-state index in [1.54, 1.807) is 0 Å². The van der Waals surface area contributed by atoms with Gasteiger partial charge in [0, 0.05) is 6.20 Å². The molecule has 0 unspecified atom stereocenters. The molecule has 21 heavy (non-hydrogen) atoms. The van der Waals surface area contributed by atoms with Crippen molar-refractivity contribution in [2.75, 3.05) is 12.4 Å². The maximum absolute atomic E-state index is 13.9. The van der Waals surface area contributed by atoms with Gasteiger partial charge in [0.1, 0.15) is 0 Å². The quantitative estimate of drug-likeness (QED) is 0.823. The topological polar surface area (TPSA) is 71.5 Å². The van der Waals surface area contributed by atoms with Crippen molar-refractivity contribution in [3.05, 3.63) is 46.1 Å². The van der Waals surface area contributed by atoms with Gasteiger partial charge in [-0.05, 0) is 34.1 Å². The van der Waals surface area contributed by atoms with Gasteiger partial charge in [0.2, 0.25) is 0 Å². The zero-order valence-electron chi connectivity index (χ0n) is 10.7. The molecule has 8 heteroatoms. The van der Waals surface area contributed by atoms with Crippen molar-refractivity contribution in [1.82, 2.24) is 4.98 Å². The fourth-order valence-corrected chi connectivity index (χ4v) is 1.90. The second-order valence-electron chi connectivity index (χ2n) is 3.89. The van der Waals surface area contributed by atoms with Gasteiger partial charge >= 0.3 is 5.97 Å². The van der Waals surface area contributed by atoms with E-state index in [0.29, 0.717) is 4.47 Å². The van der Waals surface area contributed by atoms with Crippen LogP contribution in [0, 0.1) is 11.6 Å². The maximum atomic E-state index is 13.9. The van der Waals surface area contributed by atoms with Gasteiger partial charge in [0.25, 0.3) is 0 Å². The summed E-state index contributed by atoms with van der Waals surface area (Å²) in [7, 11) is 1.11. The molecule has 1 heterocycles. The molecule has 2 N–H and O–H groups in total. The lowest BCUT2D eigenvalue weighted by Gasteiger charge is -2.13. The number of ether oxygens (including phenoxy) is 1. The minimum Gasteiger partial charge on any atom is -0.503 e. The molecule has 5 nitrogen and oxygen atoms in total. The normalized spacial score (nSPS) is 10.3. The molecular weight excluding hydrogens is 350 g/mol. The van der Waals surface area contributed by atoms with E-state index in [-0.39, 0.29) is 17.1 Å². The van der Waals surface area contributed by atoms with Crippen molar-refractivity contribution in [2.45, 2.75) is 0 Å².